The molecule has 0 saturated heterocycles. The average Bonchev–Trinajstić information content (AvgIpc) is 3.48. The van der Waals surface area contributed by atoms with Crippen LogP contribution in [-0.2, 0) is 9.59 Å². The summed E-state index contributed by atoms with van der Waals surface area (Å²) in [6.07, 6.45) is 1.89. The van der Waals surface area contributed by atoms with Gasteiger partial charge in [-0.25, -0.2) is 9.97 Å². The number of amides is 2. The molecule has 1 heterocycles. The fraction of sp³-hybridized carbons (Fsp3) is 0.400. The van der Waals surface area contributed by atoms with Crippen LogP contribution in [0.1, 0.15) is 40.5 Å². The van der Waals surface area contributed by atoms with Gasteiger partial charge >= 0.3 is 0 Å². The molecular formula is C25H29N4O2+. The molecule has 5 rings (SSSR count). The number of nitrogens with one attached hydrogen (secondary N) is 4. The average molecular weight is 418 g/mol. The molecule has 4 N–H and O–H groups in total. The van der Waals surface area contributed by atoms with Gasteiger partial charge in [0.25, 0.3) is 5.82 Å². The molecule has 0 bridgehead atoms. The monoisotopic (exact) mass is 417 g/mol. The Morgan fingerprint density at radius 3 is 1.94 bits per heavy atom. The second-order valence-electron chi connectivity index (χ2n) is 10.4. The fourth-order valence-corrected chi connectivity index (χ4v) is 4.29. The molecule has 2 aromatic carbocycles. The standard InChI is InChI=1S/C25H28N4O2/c1-24(2)12-17(24)22(30)26-15-7-5-14(6-8-15)21-28-19-10-9-16(11-20(19)29-21)27-23(31)18-13-25(18,3)4/h5-11,17-18H,12-13H2,1-4H3,(H,26,30)(H,27,31)(H,28,29)/p+1. The number of hydrogen-bond acceptors (Lipinski definition) is 2. The number of carbonyl (C=O) groups excluding carboxylic acids is 2. The second kappa shape index (κ2) is 6.67. The van der Waals surface area contributed by atoms with Crippen LogP contribution in [0.15, 0.2) is 42.5 Å². The Balaban J connectivity index is 1.29. The van der Waals surface area contributed by atoms with E-state index >= 15 is 0 Å². The normalized spacial score (nSPS) is 22.7. The number of aromatic nitrogens is 2. The van der Waals surface area contributed by atoms with Crippen LogP contribution in [0.4, 0.5) is 11.4 Å². The summed E-state index contributed by atoms with van der Waals surface area (Å²) in [6, 6.07) is 13.6. The Labute approximate surface area is 181 Å². The van der Waals surface area contributed by atoms with Crippen molar-refractivity contribution in [2.24, 2.45) is 22.7 Å². The summed E-state index contributed by atoms with van der Waals surface area (Å²) < 4.78 is 0. The molecule has 2 unspecified atom stereocenters. The Kier molecular flexibility index (Phi) is 4.26. The lowest BCUT2D eigenvalue weighted by Crippen LogP contribution is -2.16. The summed E-state index contributed by atoms with van der Waals surface area (Å²) >= 11 is 0. The van der Waals surface area contributed by atoms with Gasteiger partial charge < -0.3 is 10.6 Å². The van der Waals surface area contributed by atoms with Gasteiger partial charge in [-0.05, 0) is 60.1 Å². The summed E-state index contributed by atoms with van der Waals surface area (Å²) in [5, 5.41) is 6.04. The highest BCUT2D eigenvalue weighted by atomic mass is 16.2. The van der Waals surface area contributed by atoms with E-state index < -0.39 is 0 Å². The first-order valence-corrected chi connectivity index (χ1v) is 10.9. The number of H-pyrrole nitrogens is 2. The van der Waals surface area contributed by atoms with Gasteiger partial charge in [-0.15, -0.1) is 0 Å². The number of carbonyl (C=O) groups is 2. The molecule has 6 nitrogen and oxygen atoms in total. The molecule has 0 aliphatic heterocycles. The molecule has 2 amide bonds. The second-order valence-corrected chi connectivity index (χ2v) is 10.4. The van der Waals surface area contributed by atoms with Gasteiger partial charge in [0, 0.05) is 29.3 Å². The van der Waals surface area contributed by atoms with E-state index in [9.17, 15) is 9.59 Å². The highest BCUT2D eigenvalue weighted by molar-refractivity contribution is 5.96. The van der Waals surface area contributed by atoms with Gasteiger partial charge in [0.1, 0.15) is 0 Å². The molecule has 6 heteroatoms. The van der Waals surface area contributed by atoms with Crippen molar-refractivity contribution >= 4 is 34.2 Å². The van der Waals surface area contributed by atoms with E-state index in [0.717, 1.165) is 46.6 Å². The number of benzene rings is 2. The number of imidazole rings is 1. The Morgan fingerprint density at radius 2 is 1.39 bits per heavy atom. The molecule has 160 valence electrons. The van der Waals surface area contributed by atoms with Crippen molar-refractivity contribution in [1.82, 2.24) is 4.98 Å². The SMILES string of the molecule is CC1(C)CC1C(=O)Nc1ccc(-c2[nH]c3cc(NC(=O)C4CC4(C)C)ccc3[nH+]2)cc1. The first-order valence-electron chi connectivity index (χ1n) is 10.9. The van der Waals surface area contributed by atoms with Gasteiger partial charge in [-0.1, -0.05) is 27.7 Å². The molecule has 2 atom stereocenters. The highest BCUT2D eigenvalue weighted by Gasteiger charge is 2.51. The van der Waals surface area contributed by atoms with E-state index in [4.69, 9.17) is 0 Å². The summed E-state index contributed by atoms with van der Waals surface area (Å²) in [4.78, 5) is 31.5. The van der Waals surface area contributed by atoms with Crippen LogP contribution in [0.5, 0.6) is 0 Å². The maximum absolute atomic E-state index is 12.4. The molecule has 0 spiro atoms. The van der Waals surface area contributed by atoms with Crippen molar-refractivity contribution < 1.29 is 14.6 Å². The predicted molar refractivity (Wildman–Crippen MR) is 121 cm³/mol. The van der Waals surface area contributed by atoms with Crippen LogP contribution >= 0.6 is 0 Å². The molecule has 3 aromatic rings. The summed E-state index contributed by atoms with van der Waals surface area (Å²) in [6.45, 7) is 8.48. The van der Waals surface area contributed by atoms with E-state index in [1.807, 2.05) is 42.5 Å². The zero-order chi connectivity index (χ0) is 22.0. The molecule has 31 heavy (non-hydrogen) atoms. The maximum atomic E-state index is 12.4. The molecule has 0 radical (unpaired) electrons. The summed E-state index contributed by atoms with van der Waals surface area (Å²) in [5.41, 5.74) is 4.72. The van der Waals surface area contributed by atoms with E-state index in [1.165, 1.54) is 0 Å². The highest BCUT2D eigenvalue weighted by Crippen LogP contribution is 2.52. The zero-order valence-corrected chi connectivity index (χ0v) is 18.4. The minimum Gasteiger partial charge on any atom is -0.326 e. The largest absolute Gasteiger partial charge is 0.326 e. The van der Waals surface area contributed by atoms with Crippen LogP contribution in [-0.4, -0.2) is 16.8 Å². The van der Waals surface area contributed by atoms with Crippen molar-refractivity contribution in [3.05, 3.63) is 42.5 Å². The van der Waals surface area contributed by atoms with E-state index in [2.05, 4.69) is 48.3 Å². The van der Waals surface area contributed by atoms with Gasteiger partial charge in [-0.2, -0.15) is 0 Å². The maximum Gasteiger partial charge on any atom is 0.285 e. The first-order chi connectivity index (χ1) is 14.6. The van der Waals surface area contributed by atoms with Crippen molar-refractivity contribution in [3.63, 3.8) is 0 Å². The Morgan fingerprint density at radius 1 is 0.871 bits per heavy atom. The third kappa shape index (κ3) is 3.82. The third-order valence-electron chi connectivity index (χ3n) is 6.91. The lowest BCUT2D eigenvalue weighted by molar-refractivity contribution is -0.330. The minimum absolute atomic E-state index is 0.0901. The van der Waals surface area contributed by atoms with E-state index in [1.54, 1.807) is 0 Å². The van der Waals surface area contributed by atoms with E-state index in [0.29, 0.717) is 0 Å². The third-order valence-corrected chi connectivity index (χ3v) is 6.91. The van der Waals surface area contributed by atoms with Crippen LogP contribution in [0.25, 0.3) is 22.4 Å². The topological polar surface area (TPSA) is 88.1 Å². The minimum atomic E-state index is 0.0901. The lowest BCUT2D eigenvalue weighted by atomic mass is 10.1. The van der Waals surface area contributed by atoms with Crippen molar-refractivity contribution in [2.45, 2.75) is 40.5 Å². The molecular weight excluding hydrogens is 388 g/mol. The van der Waals surface area contributed by atoms with Gasteiger partial charge in [-0.3, -0.25) is 9.59 Å². The number of rotatable bonds is 5. The first kappa shape index (κ1) is 19.8. The predicted octanol–water partition coefficient (Wildman–Crippen LogP) is 4.62. The summed E-state index contributed by atoms with van der Waals surface area (Å²) in [5.74, 6) is 1.27. The number of fused-ring (bicyclic) bond motifs is 1. The number of anilines is 2. The summed E-state index contributed by atoms with van der Waals surface area (Å²) in [7, 11) is 0. The van der Waals surface area contributed by atoms with Crippen molar-refractivity contribution in [3.8, 4) is 11.4 Å². The van der Waals surface area contributed by atoms with Crippen LogP contribution in [0, 0.1) is 22.7 Å². The zero-order valence-electron chi connectivity index (χ0n) is 18.4. The van der Waals surface area contributed by atoms with Crippen LogP contribution < -0.4 is 15.6 Å². The number of aromatic amines is 2. The Hall–Kier alpha value is -3.15. The molecule has 2 saturated carbocycles. The molecule has 2 aliphatic rings. The number of hydrogen-bond donors (Lipinski definition) is 3. The smallest absolute Gasteiger partial charge is 0.285 e. The fourth-order valence-electron chi connectivity index (χ4n) is 4.29. The van der Waals surface area contributed by atoms with Gasteiger partial charge in [0.05, 0.1) is 5.56 Å². The lowest BCUT2D eigenvalue weighted by Gasteiger charge is -2.06. The Bertz CT molecular complexity index is 1190. The van der Waals surface area contributed by atoms with Crippen LogP contribution in [0.2, 0.25) is 0 Å². The molecule has 2 fully saturated rings. The van der Waals surface area contributed by atoms with Crippen molar-refractivity contribution in [2.75, 3.05) is 10.6 Å². The van der Waals surface area contributed by atoms with E-state index in [-0.39, 0.29) is 34.5 Å². The van der Waals surface area contributed by atoms with Gasteiger partial charge in [0.2, 0.25) is 11.8 Å². The van der Waals surface area contributed by atoms with Gasteiger partial charge in [0.15, 0.2) is 11.0 Å². The molecule has 1 aromatic heterocycles. The molecule has 2 aliphatic carbocycles. The van der Waals surface area contributed by atoms with Crippen molar-refractivity contribution in [1.29, 1.82) is 0 Å². The quantitative estimate of drug-likeness (QED) is 0.566. The van der Waals surface area contributed by atoms with Crippen LogP contribution in [0.3, 0.4) is 0 Å².